The molecule has 1 amide bonds. The number of amides is 1. The predicted octanol–water partition coefficient (Wildman–Crippen LogP) is 4.16. The van der Waals surface area contributed by atoms with Gasteiger partial charge in [0.2, 0.25) is 0 Å². The fraction of sp³-hybridized carbons (Fsp3) is 0.571. The van der Waals surface area contributed by atoms with E-state index in [-0.39, 0.29) is 11.9 Å². The van der Waals surface area contributed by atoms with E-state index in [0.29, 0.717) is 11.7 Å². The van der Waals surface area contributed by atoms with Crippen molar-refractivity contribution in [2.24, 2.45) is 0 Å². The molecule has 0 N–H and O–H groups in total. The quantitative estimate of drug-likeness (QED) is 0.813. The molecule has 0 radical (unpaired) electrons. The van der Waals surface area contributed by atoms with E-state index in [9.17, 15) is 4.79 Å². The third-order valence-corrected chi connectivity index (χ3v) is 5.92. The standard InChI is InChI=1S/C21H28N4O2/c1-27-18-11-7-8-16(14-18)20-12-5-6-13-24(20)21(26)19-15-25(23-22-19)17-9-3-2-4-10-17/h7-8,11,14-15,17,20H,2-6,9-10,12-13H2,1H3/t20-/m0/s1. The zero-order valence-electron chi connectivity index (χ0n) is 16.0. The molecule has 2 heterocycles. The van der Waals surface area contributed by atoms with Crippen LogP contribution in [0.25, 0.3) is 0 Å². The minimum Gasteiger partial charge on any atom is -0.497 e. The average Bonchev–Trinajstić information content (AvgIpc) is 3.24. The van der Waals surface area contributed by atoms with Crippen LogP contribution in [0.4, 0.5) is 0 Å². The van der Waals surface area contributed by atoms with Crippen LogP contribution in [0.15, 0.2) is 30.5 Å². The second kappa shape index (κ2) is 8.11. The van der Waals surface area contributed by atoms with E-state index < -0.39 is 0 Å². The summed E-state index contributed by atoms with van der Waals surface area (Å²) in [6.45, 7) is 0.761. The minimum atomic E-state index is -0.00965. The molecular formula is C21H28N4O2. The SMILES string of the molecule is COc1cccc([C@@H]2CCCCN2C(=O)c2cn(C3CCCCC3)nn2)c1. The molecule has 144 valence electrons. The van der Waals surface area contributed by atoms with E-state index in [4.69, 9.17) is 4.74 Å². The van der Waals surface area contributed by atoms with E-state index in [1.54, 1.807) is 7.11 Å². The molecule has 27 heavy (non-hydrogen) atoms. The number of benzene rings is 1. The van der Waals surface area contributed by atoms with Gasteiger partial charge >= 0.3 is 0 Å². The topological polar surface area (TPSA) is 60.2 Å². The summed E-state index contributed by atoms with van der Waals surface area (Å²) in [4.78, 5) is 15.2. The van der Waals surface area contributed by atoms with Gasteiger partial charge in [0.1, 0.15) is 5.75 Å². The molecule has 1 saturated heterocycles. The monoisotopic (exact) mass is 368 g/mol. The van der Waals surface area contributed by atoms with Crippen molar-refractivity contribution in [3.63, 3.8) is 0 Å². The van der Waals surface area contributed by atoms with E-state index >= 15 is 0 Å². The summed E-state index contributed by atoms with van der Waals surface area (Å²) in [7, 11) is 1.67. The van der Waals surface area contributed by atoms with Gasteiger partial charge in [-0.1, -0.05) is 36.6 Å². The maximum absolute atomic E-state index is 13.2. The zero-order valence-corrected chi connectivity index (χ0v) is 16.0. The van der Waals surface area contributed by atoms with Gasteiger partial charge in [-0.25, -0.2) is 4.68 Å². The Morgan fingerprint density at radius 2 is 1.93 bits per heavy atom. The molecule has 0 unspecified atom stereocenters. The number of hydrogen-bond donors (Lipinski definition) is 0. The summed E-state index contributed by atoms with van der Waals surface area (Å²) in [6, 6.07) is 8.51. The average molecular weight is 368 g/mol. The van der Waals surface area contributed by atoms with Crippen molar-refractivity contribution < 1.29 is 9.53 Å². The van der Waals surface area contributed by atoms with Gasteiger partial charge in [-0.3, -0.25) is 4.79 Å². The van der Waals surface area contributed by atoms with E-state index in [0.717, 1.165) is 50.0 Å². The molecule has 1 aliphatic heterocycles. The van der Waals surface area contributed by atoms with Crippen molar-refractivity contribution in [3.05, 3.63) is 41.7 Å². The lowest BCUT2D eigenvalue weighted by atomic mass is 9.94. The fourth-order valence-corrected chi connectivity index (χ4v) is 4.42. The number of aromatic nitrogens is 3. The van der Waals surface area contributed by atoms with Gasteiger partial charge in [-0.05, 0) is 49.8 Å². The Morgan fingerprint density at radius 3 is 2.74 bits per heavy atom. The van der Waals surface area contributed by atoms with Gasteiger partial charge in [0.05, 0.1) is 25.4 Å². The van der Waals surface area contributed by atoms with Crippen molar-refractivity contribution in [2.45, 2.75) is 63.5 Å². The smallest absolute Gasteiger partial charge is 0.276 e. The Bertz CT molecular complexity index is 782. The molecule has 1 saturated carbocycles. The van der Waals surface area contributed by atoms with Crippen LogP contribution >= 0.6 is 0 Å². The first kappa shape index (κ1) is 18.0. The first-order chi connectivity index (χ1) is 13.3. The lowest BCUT2D eigenvalue weighted by Gasteiger charge is -2.35. The van der Waals surface area contributed by atoms with Crippen LogP contribution in [0.2, 0.25) is 0 Å². The molecule has 6 heteroatoms. The van der Waals surface area contributed by atoms with E-state index in [1.165, 1.54) is 19.3 Å². The van der Waals surface area contributed by atoms with Crippen LogP contribution in [0.1, 0.15) is 79.5 Å². The molecule has 0 spiro atoms. The molecule has 4 rings (SSSR count). The normalized spacial score (nSPS) is 21.2. The second-order valence-electron chi connectivity index (χ2n) is 7.66. The van der Waals surface area contributed by atoms with Gasteiger partial charge < -0.3 is 9.64 Å². The summed E-state index contributed by atoms with van der Waals surface area (Å²) in [5.41, 5.74) is 1.59. The molecule has 2 aliphatic rings. The summed E-state index contributed by atoms with van der Waals surface area (Å²) in [6.07, 6.45) is 11.0. The fourth-order valence-electron chi connectivity index (χ4n) is 4.42. The summed E-state index contributed by atoms with van der Waals surface area (Å²) >= 11 is 0. The molecule has 2 fully saturated rings. The van der Waals surface area contributed by atoms with Crippen LogP contribution in [0.3, 0.4) is 0 Å². The highest BCUT2D eigenvalue weighted by Gasteiger charge is 2.31. The van der Waals surface area contributed by atoms with Crippen LogP contribution in [-0.2, 0) is 0 Å². The van der Waals surface area contributed by atoms with Crippen molar-refractivity contribution >= 4 is 5.91 Å². The van der Waals surface area contributed by atoms with Crippen molar-refractivity contribution in [3.8, 4) is 5.75 Å². The number of piperidine rings is 1. The Kier molecular flexibility index (Phi) is 5.41. The Balaban J connectivity index is 1.54. The maximum Gasteiger partial charge on any atom is 0.276 e. The summed E-state index contributed by atoms with van der Waals surface area (Å²) in [5.74, 6) is 0.818. The first-order valence-electron chi connectivity index (χ1n) is 10.1. The molecular weight excluding hydrogens is 340 g/mol. The number of carbonyl (C=O) groups excluding carboxylic acids is 1. The Morgan fingerprint density at radius 1 is 1.11 bits per heavy atom. The number of hydrogen-bond acceptors (Lipinski definition) is 4. The lowest BCUT2D eigenvalue weighted by molar-refractivity contribution is 0.0605. The largest absolute Gasteiger partial charge is 0.497 e. The minimum absolute atomic E-state index is 0.00965. The Hall–Kier alpha value is -2.37. The summed E-state index contributed by atoms with van der Waals surface area (Å²) < 4.78 is 7.28. The van der Waals surface area contributed by atoms with E-state index in [2.05, 4.69) is 16.4 Å². The van der Waals surface area contributed by atoms with Crippen LogP contribution in [-0.4, -0.2) is 39.5 Å². The molecule has 2 aromatic rings. The molecule has 0 bridgehead atoms. The number of ether oxygens (including phenoxy) is 1. The maximum atomic E-state index is 13.2. The van der Waals surface area contributed by atoms with Gasteiger partial charge in [0, 0.05) is 6.54 Å². The zero-order chi connectivity index (χ0) is 18.6. The molecule has 1 aliphatic carbocycles. The van der Waals surface area contributed by atoms with Crippen molar-refractivity contribution in [1.29, 1.82) is 0 Å². The van der Waals surface area contributed by atoms with Gasteiger partial charge in [0.15, 0.2) is 5.69 Å². The highest BCUT2D eigenvalue weighted by Crippen LogP contribution is 2.34. The number of nitrogens with zero attached hydrogens (tertiary/aromatic N) is 4. The third-order valence-electron chi connectivity index (χ3n) is 5.92. The molecule has 1 atom stereocenters. The molecule has 1 aromatic carbocycles. The number of likely N-dealkylation sites (tertiary alicyclic amines) is 1. The van der Waals surface area contributed by atoms with Crippen molar-refractivity contribution in [1.82, 2.24) is 19.9 Å². The van der Waals surface area contributed by atoms with Gasteiger partial charge in [0.25, 0.3) is 5.91 Å². The number of carbonyl (C=O) groups is 1. The highest BCUT2D eigenvalue weighted by atomic mass is 16.5. The molecule has 1 aromatic heterocycles. The van der Waals surface area contributed by atoms with Gasteiger partial charge in [-0.2, -0.15) is 0 Å². The third kappa shape index (κ3) is 3.84. The predicted molar refractivity (Wildman–Crippen MR) is 103 cm³/mol. The van der Waals surface area contributed by atoms with E-state index in [1.807, 2.05) is 34.0 Å². The summed E-state index contributed by atoms with van der Waals surface area (Å²) in [5, 5.41) is 8.51. The van der Waals surface area contributed by atoms with Crippen molar-refractivity contribution in [2.75, 3.05) is 13.7 Å². The second-order valence-corrected chi connectivity index (χ2v) is 7.66. The van der Waals surface area contributed by atoms with Crippen LogP contribution < -0.4 is 4.74 Å². The van der Waals surface area contributed by atoms with Crippen LogP contribution in [0, 0.1) is 0 Å². The number of methoxy groups -OCH3 is 1. The van der Waals surface area contributed by atoms with Gasteiger partial charge in [-0.15, -0.1) is 5.10 Å². The first-order valence-corrected chi connectivity index (χ1v) is 10.1. The molecule has 6 nitrogen and oxygen atoms in total. The highest BCUT2D eigenvalue weighted by molar-refractivity contribution is 5.92. The van der Waals surface area contributed by atoms with Crippen LogP contribution in [0.5, 0.6) is 5.75 Å². The lowest BCUT2D eigenvalue weighted by Crippen LogP contribution is -2.38. The Labute approximate surface area is 160 Å². The number of rotatable bonds is 4.